The topological polar surface area (TPSA) is 43.4 Å². The zero-order valence-corrected chi connectivity index (χ0v) is 11.3. The fraction of sp³-hybridized carbons (Fsp3) is 0.250. The lowest BCUT2D eigenvalue weighted by Gasteiger charge is -2.20. The molecular weight excluding hydrogens is 240 g/mol. The summed E-state index contributed by atoms with van der Waals surface area (Å²) in [7, 11) is 1.29. The smallest absolute Gasteiger partial charge is 0.319 e. The molecule has 98 valence electrons. The van der Waals surface area contributed by atoms with E-state index >= 15 is 0 Å². The molecule has 0 aromatic heterocycles. The number of esters is 1. The van der Waals surface area contributed by atoms with Crippen molar-refractivity contribution in [3.8, 4) is 0 Å². The minimum atomic E-state index is -1.18. The summed E-state index contributed by atoms with van der Waals surface area (Å²) < 4.78 is 4.71. The van der Waals surface area contributed by atoms with Gasteiger partial charge in [0.05, 0.1) is 7.11 Å². The molecule has 0 aliphatic rings. The SMILES string of the molecule is COC(=O)C(C)(C)C(=O)c1cccc2ccccc12. The number of fused-ring (bicyclic) bond motifs is 1. The predicted molar refractivity (Wildman–Crippen MR) is 74.1 cm³/mol. The van der Waals surface area contributed by atoms with Crippen LogP contribution >= 0.6 is 0 Å². The van der Waals surface area contributed by atoms with Gasteiger partial charge in [0.2, 0.25) is 0 Å². The number of rotatable bonds is 3. The lowest BCUT2D eigenvalue weighted by Crippen LogP contribution is -2.34. The number of carbonyl (C=O) groups excluding carboxylic acids is 2. The molecule has 0 aliphatic carbocycles. The number of methoxy groups -OCH3 is 1. The van der Waals surface area contributed by atoms with Gasteiger partial charge in [0, 0.05) is 5.56 Å². The number of carbonyl (C=O) groups is 2. The molecule has 0 aliphatic heterocycles. The van der Waals surface area contributed by atoms with Crippen LogP contribution in [0.2, 0.25) is 0 Å². The van der Waals surface area contributed by atoms with Gasteiger partial charge in [-0.05, 0) is 24.6 Å². The van der Waals surface area contributed by atoms with Crippen LogP contribution < -0.4 is 0 Å². The Balaban J connectivity index is 2.56. The fourth-order valence-corrected chi connectivity index (χ4v) is 2.11. The molecule has 0 heterocycles. The highest BCUT2D eigenvalue weighted by atomic mass is 16.5. The Kier molecular flexibility index (Phi) is 3.38. The Hall–Kier alpha value is -2.16. The Bertz CT molecular complexity index is 636. The van der Waals surface area contributed by atoms with Crippen molar-refractivity contribution in [1.82, 2.24) is 0 Å². The normalized spacial score (nSPS) is 11.3. The largest absolute Gasteiger partial charge is 0.468 e. The summed E-state index contributed by atoms with van der Waals surface area (Å²) in [5.41, 5.74) is -0.632. The molecule has 0 unspecified atom stereocenters. The maximum atomic E-state index is 12.6. The van der Waals surface area contributed by atoms with Gasteiger partial charge in [-0.25, -0.2) is 0 Å². The van der Waals surface area contributed by atoms with Gasteiger partial charge < -0.3 is 4.74 Å². The number of hydrogen-bond donors (Lipinski definition) is 0. The number of ether oxygens (including phenoxy) is 1. The summed E-state index contributed by atoms with van der Waals surface area (Å²) in [6, 6.07) is 13.1. The average Bonchev–Trinajstić information content (AvgIpc) is 2.44. The molecule has 3 nitrogen and oxygen atoms in total. The third-order valence-corrected chi connectivity index (χ3v) is 3.30. The summed E-state index contributed by atoms with van der Waals surface area (Å²) in [6.07, 6.45) is 0. The van der Waals surface area contributed by atoms with Gasteiger partial charge in [-0.1, -0.05) is 42.5 Å². The lowest BCUT2D eigenvalue weighted by atomic mass is 9.83. The Labute approximate surface area is 112 Å². The first-order valence-electron chi connectivity index (χ1n) is 6.09. The third kappa shape index (κ3) is 2.24. The molecule has 0 amide bonds. The fourth-order valence-electron chi connectivity index (χ4n) is 2.11. The van der Waals surface area contributed by atoms with Crippen LogP contribution in [0.4, 0.5) is 0 Å². The van der Waals surface area contributed by atoms with E-state index in [4.69, 9.17) is 4.74 Å². The molecule has 0 saturated carbocycles. The van der Waals surface area contributed by atoms with Crippen LogP contribution in [0.25, 0.3) is 10.8 Å². The zero-order valence-electron chi connectivity index (χ0n) is 11.3. The summed E-state index contributed by atoms with van der Waals surface area (Å²) in [4.78, 5) is 24.3. The Morgan fingerprint density at radius 2 is 1.63 bits per heavy atom. The first-order valence-corrected chi connectivity index (χ1v) is 6.09. The second kappa shape index (κ2) is 4.84. The molecule has 0 bridgehead atoms. The van der Waals surface area contributed by atoms with Gasteiger partial charge in [0.15, 0.2) is 5.78 Å². The molecule has 19 heavy (non-hydrogen) atoms. The van der Waals surface area contributed by atoms with Gasteiger partial charge in [-0.15, -0.1) is 0 Å². The number of Topliss-reactive ketones (excluding diaryl/α,β-unsaturated/α-hetero) is 1. The van der Waals surface area contributed by atoms with Crippen LogP contribution in [0.5, 0.6) is 0 Å². The van der Waals surface area contributed by atoms with Crippen LogP contribution in [-0.2, 0) is 9.53 Å². The van der Waals surface area contributed by atoms with E-state index in [2.05, 4.69) is 0 Å². The first kappa shape index (κ1) is 13.3. The third-order valence-electron chi connectivity index (χ3n) is 3.30. The summed E-state index contributed by atoms with van der Waals surface area (Å²) in [5, 5.41) is 1.83. The highest BCUT2D eigenvalue weighted by Crippen LogP contribution is 2.28. The molecule has 3 heteroatoms. The van der Waals surface area contributed by atoms with Crippen molar-refractivity contribution in [2.24, 2.45) is 5.41 Å². The highest BCUT2D eigenvalue weighted by molar-refractivity contribution is 6.17. The van der Waals surface area contributed by atoms with Crippen LogP contribution in [0.3, 0.4) is 0 Å². The van der Waals surface area contributed by atoms with Crippen molar-refractivity contribution in [2.45, 2.75) is 13.8 Å². The second-order valence-corrected chi connectivity index (χ2v) is 4.97. The molecule has 0 N–H and O–H groups in total. The number of benzene rings is 2. The Morgan fingerprint density at radius 3 is 2.32 bits per heavy atom. The maximum Gasteiger partial charge on any atom is 0.319 e. The maximum absolute atomic E-state index is 12.6. The van der Waals surface area contributed by atoms with Crippen molar-refractivity contribution < 1.29 is 14.3 Å². The number of ketones is 1. The number of hydrogen-bond acceptors (Lipinski definition) is 3. The minimum absolute atomic E-state index is 0.226. The quantitative estimate of drug-likeness (QED) is 0.481. The van der Waals surface area contributed by atoms with Crippen molar-refractivity contribution in [3.05, 3.63) is 48.0 Å². The highest BCUT2D eigenvalue weighted by Gasteiger charge is 2.38. The predicted octanol–water partition coefficient (Wildman–Crippen LogP) is 3.22. The summed E-state index contributed by atoms with van der Waals surface area (Å²) in [6.45, 7) is 3.17. The molecule has 2 aromatic rings. The second-order valence-electron chi connectivity index (χ2n) is 4.97. The van der Waals surface area contributed by atoms with Crippen molar-refractivity contribution in [1.29, 1.82) is 0 Å². The van der Waals surface area contributed by atoms with Crippen LogP contribution in [0, 0.1) is 5.41 Å². The Morgan fingerprint density at radius 1 is 1.00 bits per heavy atom. The standard InChI is InChI=1S/C16H16O3/c1-16(2,15(18)19-3)14(17)13-10-6-8-11-7-4-5-9-12(11)13/h4-10H,1-3H3. The molecular formula is C16H16O3. The van der Waals surface area contributed by atoms with E-state index < -0.39 is 11.4 Å². The molecule has 2 rings (SSSR count). The van der Waals surface area contributed by atoms with E-state index in [0.717, 1.165) is 10.8 Å². The monoisotopic (exact) mass is 256 g/mol. The first-order chi connectivity index (χ1) is 8.98. The minimum Gasteiger partial charge on any atom is -0.468 e. The van der Waals surface area contributed by atoms with E-state index in [1.807, 2.05) is 36.4 Å². The van der Waals surface area contributed by atoms with Crippen molar-refractivity contribution in [3.63, 3.8) is 0 Å². The molecule has 2 aromatic carbocycles. The van der Waals surface area contributed by atoms with Crippen LogP contribution in [0.15, 0.2) is 42.5 Å². The molecule has 0 spiro atoms. The van der Waals surface area contributed by atoms with Crippen molar-refractivity contribution in [2.75, 3.05) is 7.11 Å². The lowest BCUT2D eigenvalue weighted by molar-refractivity contribution is -0.147. The van der Waals surface area contributed by atoms with E-state index in [1.54, 1.807) is 19.9 Å². The van der Waals surface area contributed by atoms with E-state index in [0.29, 0.717) is 5.56 Å². The molecule has 0 fully saturated rings. The van der Waals surface area contributed by atoms with E-state index in [1.165, 1.54) is 7.11 Å². The van der Waals surface area contributed by atoms with Gasteiger partial charge in [-0.2, -0.15) is 0 Å². The van der Waals surface area contributed by atoms with Gasteiger partial charge in [0.1, 0.15) is 5.41 Å². The van der Waals surface area contributed by atoms with Gasteiger partial charge in [-0.3, -0.25) is 9.59 Å². The van der Waals surface area contributed by atoms with Gasteiger partial charge >= 0.3 is 5.97 Å². The van der Waals surface area contributed by atoms with Crippen molar-refractivity contribution >= 4 is 22.5 Å². The molecule has 0 atom stereocenters. The summed E-state index contributed by atoms with van der Waals surface area (Å²) >= 11 is 0. The van der Waals surface area contributed by atoms with Crippen LogP contribution in [-0.4, -0.2) is 18.9 Å². The molecule has 0 saturated heterocycles. The van der Waals surface area contributed by atoms with Gasteiger partial charge in [0.25, 0.3) is 0 Å². The van der Waals surface area contributed by atoms with Crippen LogP contribution in [0.1, 0.15) is 24.2 Å². The average molecular weight is 256 g/mol. The molecule has 0 radical (unpaired) electrons. The summed E-state index contributed by atoms with van der Waals surface area (Å²) in [5.74, 6) is -0.749. The zero-order chi connectivity index (χ0) is 14.0. The van der Waals surface area contributed by atoms with E-state index in [-0.39, 0.29) is 5.78 Å². The van der Waals surface area contributed by atoms with E-state index in [9.17, 15) is 9.59 Å².